The van der Waals surface area contributed by atoms with Crippen molar-refractivity contribution in [3.8, 4) is 0 Å². The summed E-state index contributed by atoms with van der Waals surface area (Å²) in [5, 5.41) is 2.61. The summed E-state index contributed by atoms with van der Waals surface area (Å²) in [4.78, 5) is 66.1. The Balaban J connectivity index is 1.50. The molecule has 0 bridgehead atoms. The molecule has 2 N–H and O–H groups in total. The lowest BCUT2D eigenvalue weighted by Crippen LogP contribution is -2.30. The number of amides is 1. The van der Waals surface area contributed by atoms with Crippen LogP contribution in [-0.2, 0) is 20.7 Å². The van der Waals surface area contributed by atoms with Gasteiger partial charge in [-0.05, 0) is 44.0 Å². The van der Waals surface area contributed by atoms with Gasteiger partial charge >= 0.3 is 11.9 Å². The largest absolute Gasteiger partial charge is 0.465 e. The highest BCUT2D eigenvalue weighted by Crippen LogP contribution is 2.29. The standard InChI is InChI=1S/C27H24N2O7/c1-5-20-21(26(33)35-4)13(2)22(29-20)27(34)36-14(3)25(32)28-15-10-11-18-19(12-15)24(31)17-9-7-6-8-16(17)23(18)30/h6-12,14,29H,5H2,1-4H3,(H,28,32). The van der Waals surface area contributed by atoms with E-state index in [9.17, 15) is 24.0 Å². The minimum Gasteiger partial charge on any atom is -0.465 e. The molecule has 1 heterocycles. The van der Waals surface area contributed by atoms with Crippen molar-refractivity contribution in [1.29, 1.82) is 0 Å². The summed E-state index contributed by atoms with van der Waals surface area (Å²) < 4.78 is 10.1. The van der Waals surface area contributed by atoms with Gasteiger partial charge in [-0.1, -0.05) is 31.2 Å². The summed E-state index contributed by atoms with van der Waals surface area (Å²) in [6, 6.07) is 11.0. The Morgan fingerprint density at radius 2 is 1.56 bits per heavy atom. The second kappa shape index (κ2) is 9.61. The molecule has 0 spiro atoms. The summed E-state index contributed by atoms with van der Waals surface area (Å²) >= 11 is 0. The number of ether oxygens (including phenoxy) is 2. The molecule has 0 saturated heterocycles. The summed E-state index contributed by atoms with van der Waals surface area (Å²) in [5.74, 6) is -2.59. The number of benzene rings is 2. The molecule has 3 aromatic rings. The van der Waals surface area contributed by atoms with E-state index in [-0.39, 0.29) is 39.6 Å². The van der Waals surface area contributed by atoms with Crippen LogP contribution < -0.4 is 5.32 Å². The number of anilines is 1. The van der Waals surface area contributed by atoms with Crippen LogP contribution in [0, 0.1) is 6.92 Å². The molecule has 2 aromatic carbocycles. The number of H-pyrrole nitrogens is 1. The molecule has 1 aliphatic rings. The molecule has 1 aliphatic carbocycles. The smallest absolute Gasteiger partial charge is 0.355 e. The van der Waals surface area contributed by atoms with E-state index in [0.29, 0.717) is 28.8 Å². The van der Waals surface area contributed by atoms with Crippen LogP contribution in [0.15, 0.2) is 42.5 Å². The molecule has 0 fully saturated rings. The number of rotatable bonds is 6. The third-order valence-corrected chi connectivity index (χ3v) is 6.12. The molecule has 9 heteroatoms. The first kappa shape index (κ1) is 24.6. The van der Waals surface area contributed by atoms with Gasteiger partial charge in [0, 0.05) is 33.6 Å². The van der Waals surface area contributed by atoms with Crippen LogP contribution in [0.5, 0.6) is 0 Å². The summed E-state index contributed by atoms with van der Waals surface area (Å²) in [7, 11) is 1.25. The Kier molecular flexibility index (Phi) is 6.57. The van der Waals surface area contributed by atoms with E-state index in [0.717, 1.165) is 0 Å². The third-order valence-electron chi connectivity index (χ3n) is 6.12. The second-order valence-corrected chi connectivity index (χ2v) is 8.32. The molecule has 1 amide bonds. The maximum Gasteiger partial charge on any atom is 0.355 e. The molecule has 0 aliphatic heterocycles. The quantitative estimate of drug-likeness (QED) is 0.396. The fourth-order valence-electron chi connectivity index (χ4n) is 4.20. The monoisotopic (exact) mass is 488 g/mol. The van der Waals surface area contributed by atoms with E-state index in [2.05, 4.69) is 10.3 Å². The summed E-state index contributed by atoms with van der Waals surface area (Å²) in [6.45, 7) is 4.81. The Morgan fingerprint density at radius 1 is 0.944 bits per heavy atom. The molecule has 0 radical (unpaired) electrons. The lowest BCUT2D eigenvalue weighted by Gasteiger charge is -2.19. The molecular formula is C27H24N2O7. The van der Waals surface area contributed by atoms with Gasteiger partial charge in [0.1, 0.15) is 5.69 Å². The zero-order valence-corrected chi connectivity index (χ0v) is 20.2. The first-order valence-electron chi connectivity index (χ1n) is 11.3. The Bertz CT molecular complexity index is 1430. The third kappa shape index (κ3) is 4.19. The van der Waals surface area contributed by atoms with E-state index in [1.54, 1.807) is 31.2 Å². The molecule has 9 nitrogen and oxygen atoms in total. The van der Waals surface area contributed by atoms with Crippen LogP contribution >= 0.6 is 0 Å². The van der Waals surface area contributed by atoms with Gasteiger partial charge in [0.25, 0.3) is 5.91 Å². The summed E-state index contributed by atoms with van der Waals surface area (Å²) in [5.41, 5.74) is 2.58. The van der Waals surface area contributed by atoms with Crippen LogP contribution in [0.25, 0.3) is 0 Å². The zero-order valence-electron chi connectivity index (χ0n) is 20.2. The second-order valence-electron chi connectivity index (χ2n) is 8.32. The van der Waals surface area contributed by atoms with Crippen molar-refractivity contribution in [2.75, 3.05) is 12.4 Å². The SMILES string of the molecule is CCc1[nH]c(C(=O)OC(C)C(=O)Nc2ccc3c(c2)C(=O)c2ccccc2C3=O)c(C)c1C(=O)OC. The van der Waals surface area contributed by atoms with Gasteiger partial charge in [-0.3, -0.25) is 14.4 Å². The molecule has 1 atom stereocenters. The van der Waals surface area contributed by atoms with E-state index in [4.69, 9.17) is 9.47 Å². The topological polar surface area (TPSA) is 132 Å². The van der Waals surface area contributed by atoms with Crippen molar-refractivity contribution in [2.45, 2.75) is 33.3 Å². The first-order valence-corrected chi connectivity index (χ1v) is 11.3. The number of carbonyl (C=O) groups excluding carboxylic acids is 5. The molecule has 4 rings (SSSR count). The molecule has 36 heavy (non-hydrogen) atoms. The van der Waals surface area contributed by atoms with Crippen molar-refractivity contribution in [3.05, 3.63) is 87.2 Å². The summed E-state index contributed by atoms with van der Waals surface area (Å²) in [6.07, 6.45) is -0.737. The maximum atomic E-state index is 12.9. The average Bonchev–Trinajstić information content (AvgIpc) is 3.22. The predicted molar refractivity (Wildman–Crippen MR) is 130 cm³/mol. The molecule has 184 valence electrons. The number of methoxy groups -OCH3 is 1. The van der Waals surface area contributed by atoms with Crippen molar-refractivity contribution >= 4 is 35.1 Å². The Hall–Kier alpha value is -4.53. The number of fused-ring (bicyclic) bond motifs is 2. The molecular weight excluding hydrogens is 464 g/mol. The highest BCUT2D eigenvalue weighted by Gasteiger charge is 2.30. The van der Waals surface area contributed by atoms with Gasteiger partial charge < -0.3 is 19.8 Å². The number of nitrogens with one attached hydrogen (secondary N) is 2. The van der Waals surface area contributed by atoms with Crippen LogP contribution in [0.1, 0.15) is 77.8 Å². The maximum absolute atomic E-state index is 12.9. The fourth-order valence-corrected chi connectivity index (χ4v) is 4.20. The van der Waals surface area contributed by atoms with Gasteiger partial charge in [0.05, 0.1) is 12.7 Å². The Morgan fingerprint density at radius 3 is 2.17 bits per heavy atom. The van der Waals surface area contributed by atoms with Crippen LogP contribution in [0.2, 0.25) is 0 Å². The van der Waals surface area contributed by atoms with E-state index in [1.165, 1.54) is 32.2 Å². The average molecular weight is 488 g/mol. The lowest BCUT2D eigenvalue weighted by molar-refractivity contribution is -0.123. The van der Waals surface area contributed by atoms with E-state index < -0.39 is 23.9 Å². The lowest BCUT2D eigenvalue weighted by atomic mass is 9.84. The van der Waals surface area contributed by atoms with Gasteiger partial charge in [0.2, 0.25) is 0 Å². The van der Waals surface area contributed by atoms with Crippen molar-refractivity contribution in [1.82, 2.24) is 4.98 Å². The number of aromatic amines is 1. The van der Waals surface area contributed by atoms with Crippen molar-refractivity contribution in [2.24, 2.45) is 0 Å². The number of esters is 2. The number of aromatic nitrogens is 1. The first-order chi connectivity index (χ1) is 17.2. The zero-order chi connectivity index (χ0) is 26.1. The highest BCUT2D eigenvalue weighted by atomic mass is 16.5. The van der Waals surface area contributed by atoms with E-state index in [1.807, 2.05) is 6.92 Å². The molecule has 0 saturated carbocycles. The predicted octanol–water partition coefficient (Wildman–Crippen LogP) is 3.63. The van der Waals surface area contributed by atoms with Crippen molar-refractivity contribution < 1.29 is 33.4 Å². The number of hydrogen-bond acceptors (Lipinski definition) is 7. The van der Waals surface area contributed by atoms with Gasteiger partial charge in [-0.2, -0.15) is 0 Å². The number of carbonyl (C=O) groups is 5. The highest BCUT2D eigenvalue weighted by molar-refractivity contribution is 6.28. The van der Waals surface area contributed by atoms with Gasteiger partial charge in [0.15, 0.2) is 17.7 Å². The van der Waals surface area contributed by atoms with Crippen molar-refractivity contribution in [3.63, 3.8) is 0 Å². The van der Waals surface area contributed by atoms with Gasteiger partial charge in [-0.25, -0.2) is 9.59 Å². The minimum atomic E-state index is -1.19. The normalized spacial score (nSPS) is 12.9. The number of hydrogen-bond donors (Lipinski definition) is 2. The van der Waals surface area contributed by atoms with Gasteiger partial charge in [-0.15, -0.1) is 0 Å². The molecule has 1 aromatic heterocycles. The Labute approximate surface area is 206 Å². The number of aryl methyl sites for hydroxylation is 1. The fraction of sp³-hybridized carbons (Fsp3) is 0.222. The van der Waals surface area contributed by atoms with Crippen LogP contribution in [0.3, 0.4) is 0 Å². The van der Waals surface area contributed by atoms with Crippen LogP contribution in [0.4, 0.5) is 5.69 Å². The minimum absolute atomic E-state index is 0.0588. The number of ketones is 2. The van der Waals surface area contributed by atoms with E-state index >= 15 is 0 Å². The van der Waals surface area contributed by atoms with Crippen LogP contribution in [-0.4, -0.2) is 47.6 Å². The molecule has 1 unspecified atom stereocenters.